The van der Waals surface area contributed by atoms with Crippen LogP contribution in [-0.4, -0.2) is 59.8 Å². The minimum absolute atomic E-state index is 0.0183. The first kappa shape index (κ1) is 22.8. The van der Waals surface area contributed by atoms with Crippen LogP contribution in [0.15, 0.2) is 30.3 Å². The van der Waals surface area contributed by atoms with Gasteiger partial charge in [0.1, 0.15) is 5.75 Å². The first-order valence-electron chi connectivity index (χ1n) is 10.7. The monoisotopic (exact) mass is 427 g/mol. The number of ether oxygens (including phenoxy) is 1. The van der Waals surface area contributed by atoms with E-state index in [0.717, 1.165) is 42.1 Å². The molecule has 3 rings (SSSR count). The summed E-state index contributed by atoms with van der Waals surface area (Å²) in [5, 5.41) is 10.5. The summed E-state index contributed by atoms with van der Waals surface area (Å²) in [5.74, 6) is 0.635. The van der Waals surface area contributed by atoms with Gasteiger partial charge in [-0.1, -0.05) is 18.2 Å². The van der Waals surface area contributed by atoms with Gasteiger partial charge in [0.2, 0.25) is 11.8 Å². The van der Waals surface area contributed by atoms with Gasteiger partial charge in [-0.2, -0.15) is 5.10 Å². The first-order chi connectivity index (χ1) is 14.9. The van der Waals surface area contributed by atoms with Crippen LogP contribution in [0.5, 0.6) is 5.75 Å². The lowest BCUT2D eigenvalue weighted by Crippen LogP contribution is -2.42. The maximum absolute atomic E-state index is 12.8. The molecule has 1 saturated heterocycles. The zero-order chi connectivity index (χ0) is 22.4. The van der Waals surface area contributed by atoms with Crippen LogP contribution in [0.1, 0.15) is 29.8 Å². The van der Waals surface area contributed by atoms with Gasteiger partial charge in [-0.15, -0.1) is 0 Å². The Morgan fingerprint density at radius 2 is 1.97 bits per heavy atom. The number of aromatic nitrogens is 2. The molecule has 1 aliphatic heterocycles. The van der Waals surface area contributed by atoms with Gasteiger partial charge < -0.3 is 20.3 Å². The number of aryl methyl sites for hydroxylation is 2. The van der Waals surface area contributed by atoms with E-state index in [9.17, 15) is 9.59 Å². The van der Waals surface area contributed by atoms with Gasteiger partial charge in [-0.3, -0.25) is 14.3 Å². The molecule has 2 N–H and O–H groups in total. The van der Waals surface area contributed by atoms with Crippen molar-refractivity contribution < 1.29 is 14.3 Å². The van der Waals surface area contributed by atoms with Crippen LogP contribution in [0.3, 0.4) is 0 Å². The molecule has 8 nitrogen and oxygen atoms in total. The Morgan fingerprint density at radius 3 is 2.68 bits per heavy atom. The number of nitrogens with zero attached hydrogens (tertiary/aromatic N) is 3. The molecule has 168 valence electrons. The van der Waals surface area contributed by atoms with Gasteiger partial charge in [0, 0.05) is 31.7 Å². The fourth-order valence-electron chi connectivity index (χ4n) is 4.20. The summed E-state index contributed by atoms with van der Waals surface area (Å²) >= 11 is 0. The summed E-state index contributed by atoms with van der Waals surface area (Å²) in [5.41, 5.74) is 2.79. The van der Waals surface area contributed by atoms with Gasteiger partial charge >= 0.3 is 0 Å². The lowest BCUT2D eigenvalue weighted by atomic mass is 10.0. The Balaban J connectivity index is 1.51. The zero-order valence-electron chi connectivity index (χ0n) is 18.9. The highest BCUT2D eigenvalue weighted by Crippen LogP contribution is 2.19. The van der Waals surface area contributed by atoms with Crippen molar-refractivity contribution >= 4 is 11.8 Å². The molecule has 8 heteroatoms. The number of methoxy groups -OCH3 is 1. The average Bonchev–Trinajstić information content (AvgIpc) is 2.93. The third-order valence-corrected chi connectivity index (χ3v) is 5.75. The van der Waals surface area contributed by atoms with Crippen molar-refractivity contribution in [2.75, 3.05) is 27.2 Å². The molecule has 1 aromatic heterocycles. The number of amides is 2. The third-order valence-electron chi connectivity index (χ3n) is 5.75. The van der Waals surface area contributed by atoms with Crippen molar-refractivity contribution in [3.8, 4) is 5.75 Å². The maximum atomic E-state index is 12.8. The molecule has 2 aromatic rings. The highest BCUT2D eigenvalue weighted by Gasteiger charge is 2.27. The molecule has 2 heterocycles. The summed E-state index contributed by atoms with van der Waals surface area (Å²) < 4.78 is 7.13. The highest BCUT2D eigenvalue weighted by molar-refractivity contribution is 5.80. The van der Waals surface area contributed by atoms with Crippen LogP contribution < -0.4 is 15.4 Å². The molecule has 2 atom stereocenters. The molecule has 1 aliphatic rings. The first-order valence-corrected chi connectivity index (χ1v) is 10.7. The van der Waals surface area contributed by atoms with E-state index in [2.05, 4.69) is 20.6 Å². The number of rotatable bonds is 7. The van der Waals surface area contributed by atoms with Crippen LogP contribution >= 0.6 is 0 Å². The quantitative estimate of drug-likeness (QED) is 0.698. The molecule has 0 aliphatic carbocycles. The van der Waals surface area contributed by atoms with Gasteiger partial charge in [0.05, 0.1) is 37.4 Å². The van der Waals surface area contributed by atoms with Crippen LogP contribution in [0.2, 0.25) is 0 Å². The number of benzene rings is 1. The van der Waals surface area contributed by atoms with E-state index in [1.807, 2.05) is 51.4 Å². The summed E-state index contributed by atoms with van der Waals surface area (Å²) in [6.45, 7) is 3.81. The van der Waals surface area contributed by atoms with Crippen LogP contribution in [-0.2, 0) is 29.6 Å². The number of nitrogens with one attached hydrogen (secondary N) is 2. The maximum Gasteiger partial charge on any atom is 0.224 e. The lowest BCUT2D eigenvalue weighted by Gasteiger charge is -2.22. The molecule has 1 fully saturated rings. The molecular formula is C23H33N5O3. The zero-order valence-corrected chi connectivity index (χ0v) is 18.9. The Hall–Kier alpha value is -2.87. The molecule has 1 aromatic carbocycles. The van der Waals surface area contributed by atoms with Crippen molar-refractivity contribution in [1.29, 1.82) is 0 Å². The van der Waals surface area contributed by atoms with E-state index >= 15 is 0 Å². The van der Waals surface area contributed by atoms with Crippen molar-refractivity contribution in [2.45, 2.75) is 38.8 Å². The third kappa shape index (κ3) is 6.30. The number of likely N-dealkylation sites (tertiary alicyclic amines) is 1. The summed E-state index contributed by atoms with van der Waals surface area (Å²) in [6.07, 6.45) is 1.78. The van der Waals surface area contributed by atoms with E-state index in [1.165, 1.54) is 0 Å². The lowest BCUT2D eigenvalue weighted by molar-refractivity contribution is -0.125. The van der Waals surface area contributed by atoms with E-state index < -0.39 is 0 Å². The van der Waals surface area contributed by atoms with Crippen LogP contribution in [0, 0.1) is 12.8 Å². The smallest absolute Gasteiger partial charge is 0.224 e. The molecule has 31 heavy (non-hydrogen) atoms. The SMILES string of the molecule is COc1ccccc1CC(=O)N[C@H]1CC[C@@H](C(=O)NCc2cc(C)nn2C)CN(C)C1. The van der Waals surface area contributed by atoms with Crippen LogP contribution in [0.4, 0.5) is 0 Å². The van der Waals surface area contributed by atoms with Crippen molar-refractivity contribution in [1.82, 2.24) is 25.3 Å². The molecule has 0 bridgehead atoms. The van der Waals surface area contributed by atoms with Crippen LogP contribution in [0.25, 0.3) is 0 Å². The number of hydrogen-bond donors (Lipinski definition) is 2. The van der Waals surface area contributed by atoms with Gasteiger partial charge in [0.25, 0.3) is 0 Å². The van der Waals surface area contributed by atoms with Gasteiger partial charge in [-0.25, -0.2) is 0 Å². The van der Waals surface area contributed by atoms with Gasteiger partial charge in [-0.05, 0) is 38.9 Å². The Bertz CT molecular complexity index is 910. The molecule has 2 amide bonds. The molecule has 0 spiro atoms. The highest BCUT2D eigenvalue weighted by atomic mass is 16.5. The summed E-state index contributed by atoms with van der Waals surface area (Å²) in [6, 6.07) is 9.55. The topological polar surface area (TPSA) is 88.5 Å². The fraction of sp³-hybridized carbons (Fsp3) is 0.522. The average molecular weight is 428 g/mol. The minimum Gasteiger partial charge on any atom is -0.496 e. The van der Waals surface area contributed by atoms with E-state index in [0.29, 0.717) is 13.1 Å². The summed E-state index contributed by atoms with van der Waals surface area (Å²) in [7, 11) is 5.49. The van der Waals surface area contributed by atoms with Crippen molar-refractivity contribution in [3.05, 3.63) is 47.3 Å². The Morgan fingerprint density at radius 1 is 1.19 bits per heavy atom. The predicted octanol–water partition coefficient (Wildman–Crippen LogP) is 1.42. The largest absolute Gasteiger partial charge is 0.496 e. The molecule has 0 saturated carbocycles. The fourth-order valence-corrected chi connectivity index (χ4v) is 4.20. The molecule has 0 unspecified atom stereocenters. The second-order valence-corrected chi connectivity index (χ2v) is 8.37. The number of carbonyl (C=O) groups is 2. The number of hydrogen-bond acceptors (Lipinski definition) is 5. The minimum atomic E-state index is -0.101. The normalized spacial score (nSPS) is 19.5. The predicted molar refractivity (Wildman–Crippen MR) is 119 cm³/mol. The van der Waals surface area contributed by atoms with E-state index in [-0.39, 0.29) is 30.2 Å². The van der Waals surface area contributed by atoms with Crippen molar-refractivity contribution in [3.63, 3.8) is 0 Å². The second kappa shape index (κ2) is 10.4. The van der Waals surface area contributed by atoms with E-state index in [4.69, 9.17) is 4.74 Å². The Kier molecular flexibility index (Phi) is 7.68. The summed E-state index contributed by atoms with van der Waals surface area (Å²) in [4.78, 5) is 27.5. The Labute approximate surface area is 183 Å². The van der Waals surface area contributed by atoms with Crippen molar-refractivity contribution in [2.24, 2.45) is 13.0 Å². The number of para-hydroxylation sites is 1. The number of carbonyl (C=O) groups excluding carboxylic acids is 2. The van der Waals surface area contributed by atoms with E-state index in [1.54, 1.807) is 11.8 Å². The molecule has 0 radical (unpaired) electrons. The van der Waals surface area contributed by atoms with Gasteiger partial charge in [0.15, 0.2) is 0 Å². The molecular weight excluding hydrogens is 394 g/mol. The number of likely N-dealkylation sites (N-methyl/N-ethyl adjacent to an activating group) is 1. The standard InChI is InChI=1S/C23H33N5O3/c1-16-11-20(28(3)26-16)13-24-23(30)18-9-10-19(15-27(2)14-18)25-22(29)12-17-7-5-6-8-21(17)31-4/h5-8,11,18-19H,9-10,12-15H2,1-4H3,(H,24,30)(H,25,29)/t18-,19+/m1/s1. The second-order valence-electron chi connectivity index (χ2n) is 8.37.